The van der Waals surface area contributed by atoms with Crippen LogP contribution in [0.5, 0.6) is 0 Å². The zero-order valence-corrected chi connectivity index (χ0v) is 16.0. The molecule has 10 heteroatoms. The Balaban J connectivity index is 1.95. The van der Waals surface area contributed by atoms with E-state index in [1.807, 2.05) is 0 Å². The van der Waals surface area contributed by atoms with Crippen molar-refractivity contribution in [2.75, 3.05) is 6.54 Å². The highest BCUT2D eigenvalue weighted by Gasteiger charge is 2.36. The molecule has 3 rings (SSSR count). The predicted octanol–water partition coefficient (Wildman–Crippen LogP) is 2.81. The third kappa shape index (κ3) is 3.67. The minimum absolute atomic E-state index is 0.152. The highest BCUT2D eigenvalue weighted by Crippen LogP contribution is 2.33. The van der Waals surface area contributed by atoms with Gasteiger partial charge in [0.1, 0.15) is 4.83 Å². The summed E-state index contributed by atoms with van der Waals surface area (Å²) in [5, 5.41) is 0.443. The monoisotopic (exact) mass is 403 g/mol. The van der Waals surface area contributed by atoms with E-state index in [-0.39, 0.29) is 24.7 Å². The van der Waals surface area contributed by atoms with E-state index in [0.29, 0.717) is 16.6 Å². The molecule has 0 aromatic carbocycles. The molecule has 6 nitrogen and oxygen atoms in total. The molecule has 0 saturated heterocycles. The van der Waals surface area contributed by atoms with Crippen LogP contribution in [0.3, 0.4) is 0 Å². The summed E-state index contributed by atoms with van der Waals surface area (Å²) in [6.07, 6.45) is -5.18. The Hall–Kier alpha value is -2.10. The summed E-state index contributed by atoms with van der Waals surface area (Å²) in [6, 6.07) is -0.300. The molecule has 2 aromatic heterocycles. The zero-order chi connectivity index (χ0) is 20.1. The topological polar surface area (TPSA) is 75.2 Å². The SMILES string of the molecule is CC(C)n1c(=O)[nH]c2sc3c(c2c1=O)CCN(C(=O)[C@H](C)CC(F)(F)F)C3. The van der Waals surface area contributed by atoms with Gasteiger partial charge in [-0.15, -0.1) is 11.3 Å². The maximum Gasteiger partial charge on any atom is 0.389 e. The number of alkyl halides is 3. The third-order valence-corrected chi connectivity index (χ3v) is 5.85. The molecule has 1 aliphatic heterocycles. The van der Waals surface area contributed by atoms with Crippen LogP contribution in [0.15, 0.2) is 9.59 Å². The van der Waals surface area contributed by atoms with Crippen LogP contribution >= 0.6 is 11.3 Å². The van der Waals surface area contributed by atoms with Gasteiger partial charge in [-0.25, -0.2) is 4.79 Å². The lowest BCUT2D eigenvalue weighted by Crippen LogP contribution is -2.40. The molecule has 0 radical (unpaired) electrons. The van der Waals surface area contributed by atoms with Gasteiger partial charge in [-0.3, -0.25) is 19.1 Å². The second kappa shape index (κ2) is 6.81. The molecule has 0 unspecified atom stereocenters. The Bertz CT molecular complexity index is 1000. The van der Waals surface area contributed by atoms with Crippen molar-refractivity contribution in [3.63, 3.8) is 0 Å². The predicted molar refractivity (Wildman–Crippen MR) is 96.0 cm³/mol. The summed E-state index contributed by atoms with van der Waals surface area (Å²) < 4.78 is 38.8. The molecule has 1 amide bonds. The van der Waals surface area contributed by atoms with E-state index in [0.717, 1.165) is 15.0 Å². The van der Waals surface area contributed by atoms with Gasteiger partial charge >= 0.3 is 11.9 Å². The smallest absolute Gasteiger partial charge is 0.337 e. The van der Waals surface area contributed by atoms with E-state index < -0.39 is 30.1 Å². The highest BCUT2D eigenvalue weighted by atomic mass is 32.1. The van der Waals surface area contributed by atoms with Gasteiger partial charge in [0.25, 0.3) is 5.56 Å². The van der Waals surface area contributed by atoms with Crippen LogP contribution in [0.2, 0.25) is 0 Å². The number of nitrogens with zero attached hydrogens (tertiary/aromatic N) is 2. The Morgan fingerprint density at radius 1 is 1.26 bits per heavy atom. The normalized spacial score (nSPS) is 16.0. The first-order chi connectivity index (χ1) is 12.5. The van der Waals surface area contributed by atoms with Gasteiger partial charge in [0.05, 0.1) is 18.4 Å². The molecule has 2 aromatic rings. The van der Waals surface area contributed by atoms with Gasteiger partial charge in [0, 0.05) is 23.4 Å². The number of thiophene rings is 1. The van der Waals surface area contributed by atoms with Crippen LogP contribution in [0, 0.1) is 5.92 Å². The summed E-state index contributed by atoms with van der Waals surface area (Å²) in [6.45, 7) is 5.15. The summed E-state index contributed by atoms with van der Waals surface area (Å²) in [7, 11) is 0. The first kappa shape index (κ1) is 19.7. The summed E-state index contributed by atoms with van der Waals surface area (Å²) >= 11 is 1.21. The van der Waals surface area contributed by atoms with Gasteiger partial charge in [-0.1, -0.05) is 6.92 Å². The zero-order valence-electron chi connectivity index (χ0n) is 15.1. The molecule has 3 heterocycles. The molecule has 0 fully saturated rings. The molecule has 0 bridgehead atoms. The molecule has 0 saturated carbocycles. The van der Waals surface area contributed by atoms with Gasteiger partial charge < -0.3 is 4.90 Å². The van der Waals surface area contributed by atoms with Crippen LogP contribution in [0.1, 0.15) is 43.7 Å². The van der Waals surface area contributed by atoms with Crippen molar-refractivity contribution in [3.05, 3.63) is 31.3 Å². The number of hydrogen-bond donors (Lipinski definition) is 1. The molecule has 0 aliphatic carbocycles. The number of fused-ring (bicyclic) bond motifs is 3. The molecule has 1 aliphatic rings. The molecular weight excluding hydrogens is 383 g/mol. The minimum Gasteiger partial charge on any atom is -0.337 e. The number of halogens is 3. The molecular formula is C17H20F3N3O3S. The molecule has 1 N–H and O–H groups in total. The average molecular weight is 403 g/mol. The van der Waals surface area contributed by atoms with Crippen molar-refractivity contribution in [2.45, 2.75) is 52.4 Å². The standard InChI is InChI=1S/C17H20F3N3O3S/c1-8(2)23-15(25)12-10-4-5-22(14(24)9(3)6-17(18,19)20)7-11(10)27-13(12)21-16(23)26/h8-9H,4-7H2,1-3H3,(H,21,26)/t9-/m1/s1. The first-order valence-electron chi connectivity index (χ1n) is 8.64. The number of nitrogens with one attached hydrogen (secondary N) is 1. The lowest BCUT2D eigenvalue weighted by molar-refractivity contribution is -0.158. The van der Waals surface area contributed by atoms with Crippen molar-refractivity contribution in [1.82, 2.24) is 14.5 Å². The summed E-state index contributed by atoms with van der Waals surface area (Å²) in [5.41, 5.74) is -0.0857. The summed E-state index contributed by atoms with van der Waals surface area (Å²) in [5.74, 6) is -1.71. The fourth-order valence-electron chi connectivity index (χ4n) is 3.49. The molecule has 1 atom stereocenters. The lowest BCUT2D eigenvalue weighted by Gasteiger charge is -2.29. The van der Waals surface area contributed by atoms with Crippen LogP contribution in [0.4, 0.5) is 13.2 Å². The van der Waals surface area contributed by atoms with Crippen molar-refractivity contribution >= 4 is 27.5 Å². The van der Waals surface area contributed by atoms with Crippen molar-refractivity contribution in [1.29, 1.82) is 0 Å². The van der Waals surface area contributed by atoms with E-state index >= 15 is 0 Å². The average Bonchev–Trinajstić information content (AvgIpc) is 2.89. The van der Waals surface area contributed by atoms with Crippen molar-refractivity contribution < 1.29 is 18.0 Å². The van der Waals surface area contributed by atoms with Crippen LogP contribution < -0.4 is 11.2 Å². The number of aromatic amines is 1. The number of H-pyrrole nitrogens is 1. The first-order valence-corrected chi connectivity index (χ1v) is 9.46. The van der Waals surface area contributed by atoms with Crippen molar-refractivity contribution in [3.8, 4) is 0 Å². The van der Waals surface area contributed by atoms with Gasteiger partial charge in [-0.2, -0.15) is 13.2 Å². The van der Waals surface area contributed by atoms with Crippen LogP contribution in [-0.2, 0) is 17.8 Å². The third-order valence-electron chi connectivity index (χ3n) is 4.72. The molecule has 0 spiro atoms. The molecule has 27 heavy (non-hydrogen) atoms. The van der Waals surface area contributed by atoms with E-state index in [1.54, 1.807) is 13.8 Å². The second-order valence-electron chi connectivity index (χ2n) is 7.14. The maximum atomic E-state index is 12.7. The van der Waals surface area contributed by atoms with E-state index in [4.69, 9.17) is 0 Å². The molecule has 148 valence electrons. The van der Waals surface area contributed by atoms with E-state index in [9.17, 15) is 27.6 Å². The summed E-state index contributed by atoms with van der Waals surface area (Å²) in [4.78, 5) is 42.6. The van der Waals surface area contributed by atoms with Gasteiger partial charge in [0.15, 0.2) is 0 Å². The number of aromatic nitrogens is 2. The largest absolute Gasteiger partial charge is 0.389 e. The Morgan fingerprint density at radius 3 is 2.52 bits per heavy atom. The highest BCUT2D eigenvalue weighted by molar-refractivity contribution is 7.18. The minimum atomic E-state index is -4.39. The second-order valence-corrected chi connectivity index (χ2v) is 8.24. The number of rotatable bonds is 3. The fourth-order valence-corrected chi connectivity index (χ4v) is 4.74. The number of carbonyl (C=O) groups is 1. The Labute approximate surface area is 156 Å². The quantitative estimate of drug-likeness (QED) is 0.856. The van der Waals surface area contributed by atoms with Crippen molar-refractivity contribution in [2.24, 2.45) is 5.92 Å². The maximum absolute atomic E-state index is 12.7. The van der Waals surface area contributed by atoms with E-state index in [2.05, 4.69) is 4.98 Å². The lowest BCUT2D eigenvalue weighted by atomic mass is 10.0. The fraction of sp³-hybridized carbons (Fsp3) is 0.588. The van der Waals surface area contributed by atoms with Gasteiger partial charge in [-0.05, 0) is 25.8 Å². The number of hydrogen-bond acceptors (Lipinski definition) is 4. The van der Waals surface area contributed by atoms with Crippen LogP contribution in [0.25, 0.3) is 10.2 Å². The van der Waals surface area contributed by atoms with Crippen LogP contribution in [-0.4, -0.2) is 33.1 Å². The van der Waals surface area contributed by atoms with E-state index in [1.165, 1.54) is 23.2 Å². The number of amides is 1. The van der Waals surface area contributed by atoms with Gasteiger partial charge in [0.2, 0.25) is 5.91 Å². The Morgan fingerprint density at radius 2 is 1.93 bits per heavy atom. The number of carbonyl (C=O) groups excluding carboxylic acids is 1. The Kier molecular flexibility index (Phi) is 4.96.